The summed E-state index contributed by atoms with van der Waals surface area (Å²) in [6.45, 7) is 0.283. The first-order valence-electron chi connectivity index (χ1n) is 9.70. The molecule has 3 heterocycles. The van der Waals surface area contributed by atoms with Gasteiger partial charge in [0.1, 0.15) is 4.70 Å². The van der Waals surface area contributed by atoms with Crippen LogP contribution in [0.15, 0.2) is 82.5 Å². The van der Waals surface area contributed by atoms with Gasteiger partial charge in [0, 0.05) is 16.3 Å². The molecule has 7 heteroatoms. The lowest BCUT2D eigenvalue weighted by Gasteiger charge is -2.13. The maximum Gasteiger partial charge on any atom is 0.332 e. The molecular weight excluding hydrogens is 408 g/mol. The Morgan fingerprint density at radius 1 is 0.903 bits per heavy atom. The fraction of sp³-hybridized carbons (Fsp3) is 0.0833. The molecule has 0 aliphatic heterocycles. The summed E-state index contributed by atoms with van der Waals surface area (Å²) < 4.78 is 4.29. The van der Waals surface area contributed by atoms with Crippen LogP contribution in [-0.2, 0) is 13.1 Å². The minimum absolute atomic E-state index is 0.0859. The van der Waals surface area contributed by atoms with Crippen LogP contribution in [0.2, 0.25) is 0 Å². The zero-order chi connectivity index (χ0) is 21.4. The van der Waals surface area contributed by atoms with Gasteiger partial charge in [0.25, 0.3) is 5.56 Å². The molecule has 0 N–H and O–H groups in total. The Bertz CT molecular complexity index is 1590. The fourth-order valence-corrected chi connectivity index (χ4v) is 4.93. The Hall–Kier alpha value is -4.02. The second-order valence-electron chi connectivity index (χ2n) is 7.13. The standard InChI is InChI=1S/C24H16N4O2S/c25-13-16-7-1-2-8-17(16)14-27-21-19-10-3-4-11-20(19)31-22(21)23(29)28(24(27)30)15-18-9-5-6-12-26-18/h1-12H,14-15H2. The van der Waals surface area contributed by atoms with E-state index in [-0.39, 0.29) is 18.6 Å². The van der Waals surface area contributed by atoms with Crippen LogP contribution in [0.4, 0.5) is 0 Å². The Balaban J connectivity index is 1.82. The van der Waals surface area contributed by atoms with Crippen molar-refractivity contribution in [1.82, 2.24) is 14.1 Å². The summed E-state index contributed by atoms with van der Waals surface area (Å²) in [6.07, 6.45) is 1.64. The molecule has 0 amide bonds. The third-order valence-corrected chi connectivity index (χ3v) is 6.40. The van der Waals surface area contributed by atoms with Gasteiger partial charge in [0.05, 0.1) is 35.9 Å². The first kappa shape index (κ1) is 19.0. The molecule has 6 nitrogen and oxygen atoms in total. The minimum atomic E-state index is -0.417. The van der Waals surface area contributed by atoms with Gasteiger partial charge in [-0.15, -0.1) is 11.3 Å². The van der Waals surface area contributed by atoms with Gasteiger partial charge in [-0.25, -0.2) is 4.79 Å². The number of fused-ring (bicyclic) bond motifs is 3. The van der Waals surface area contributed by atoms with Crippen LogP contribution in [-0.4, -0.2) is 14.1 Å². The number of aromatic nitrogens is 3. The van der Waals surface area contributed by atoms with Gasteiger partial charge in [0.15, 0.2) is 0 Å². The summed E-state index contributed by atoms with van der Waals surface area (Å²) in [5.74, 6) is 0. The molecule has 0 bridgehead atoms. The van der Waals surface area contributed by atoms with Gasteiger partial charge in [0.2, 0.25) is 0 Å². The molecule has 2 aromatic carbocycles. The molecule has 0 radical (unpaired) electrons. The van der Waals surface area contributed by atoms with Crippen LogP contribution in [0.3, 0.4) is 0 Å². The summed E-state index contributed by atoms with van der Waals surface area (Å²) in [7, 11) is 0. The monoisotopic (exact) mass is 424 g/mol. The van der Waals surface area contributed by atoms with Crippen molar-refractivity contribution < 1.29 is 0 Å². The number of nitriles is 1. The van der Waals surface area contributed by atoms with Gasteiger partial charge in [-0.2, -0.15) is 5.26 Å². The van der Waals surface area contributed by atoms with E-state index in [4.69, 9.17) is 0 Å². The molecule has 0 saturated carbocycles. The van der Waals surface area contributed by atoms with Gasteiger partial charge >= 0.3 is 5.69 Å². The Morgan fingerprint density at radius 3 is 2.48 bits per heavy atom. The summed E-state index contributed by atoms with van der Waals surface area (Å²) in [4.78, 5) is 31.2. The van der Waals surface area contributed by atoms with Gasteiger partial charge in [-0.05, 0) is 29.8 Å². The fourth-order valence-electron chi connectivity index (χ4n) is 3.77. The van der Waals surface area contributed by atoms with E-state index in [0.29, 0.717) is 21.5 Å². The van der Waals surface area contributed by atoms with Crippen molar-refractivity contribution >= 4 is 31.6 Å². The highest BCUT2D eigenvalue weighted by molar-refractivity contribution is 7.25. The average molecular weight is 424 g/mol. The number of pyridine rings is 1. The molecule has 0 unspecified atom stereocenters. The van der Waals surface area contributed by atoms with Crippen molar-refractivity contribution in [2.24, 2.45) is 0 Å². The van der Waals surface area contributed by atoms with Crippen molar-refractivity contribution in [3.05, 3.63) is 111 Å². The van der Waals surface area contributed by atoms with Crippen LogP contribution in [0, 0.1) is 11.3 Å². The molecule has 150 valence electrons. The number of rotatable bonds is 4. The molecule has 0 spiro atoms. The zero-order valence-electron chi connectivity index (χ0n) is 16.4. The van der Waals surface area contributed by atoms with Crippen molar-refractivity contribution in [2.45, 2.75) is 13.1 Å². The molecule has 0 saturated heterocycles. The lowest BCUT2D eigenvalue weighted by Crippen LogP contribution is -2.40. The molecule has 5 aromatic rings. The first-order chi connectivity index (χ1) is 15.2. The quantitative estimate of drug-likeness (QED) is 0.440. The zero-order valence-corrected chi connectivity index (χ0v) is 17.2. The number of benzene rings is 2. The lowest BCUT2D eigenvalue weighted by molar-refractivity contribution is 0.629. The molecular formula is C24H16N4O2S. The molecule has 0 aliphatic carbocycles. The van der Waals surface area contributed by atoms with E-state index >= 15 is 0 Å². The van der Waals surface area contributed by atoms with Crippen LogP contribution < -0.4 is 11.2 Å². The van der Waals surface area contributed by atoms with E-state index in [2.05, 4.69) is 11.1 Å². The third kappa shape index (κ3) is 3.23. The SMILES string of the molecule is N#Cc1ccccc1Cn1c(=O)n(Cc2ccccn2)c(=O)c2sc3ccccc3c21. The maximum absolute atomic E-state index is 13.6. The number of nitrogens with zero attached hydrogens (tertiary/aromatic N) is 4. The van der Waals surface area contributed by atoms with E-state index < -0.39 is 5.69 Å². The Morgan fingerprint density at radius 2 is 1.68 bits per heavy atom. The summed E-state index contributed by atoms with van der Waals surface area (Å²) >= 11 is 1.38. The molecule has 0 atom stereocenters. The van der Waals surface area contributed by atoms with Gasteiger partial charge in [-0.1, -0.05) is 42.5 Å². The summed E-state index contributed by atoms with van der Waals surface area (Å²) in [5.41, 5.74) is 1.74. The predicted octanol–water partition coefficient (Wildman–Crippen LogP) is 3.74. The van der Waals surface area contributed by atoms with Crippen molar-refractivity contribution in [3.63, 3.8) is 0 Å². The van der Waals surface area contributed by atoms with Crippen molar-refractivity contribution in [2.75, 3.05) is 0 Å². The topological polar surface area (TPSA) is 80.7 Å². The lowest BCUT2D eigenvalue weighted by atomic mass is 10.1. The summed E-state index contributed by atoms with van der Waals surface area (Å²) in [5, 5.41) is 10.4. The molecule has 3 aromatic heterocycles. The van der Waals surface area contributed by atoms with E-state index in [1.807, 2.05) is 42.5 Å². The first-order valence-corrected chi connectivity index (χ1v) is 10.5. The molecule has 5 rings (SSSR count). The highest BCUT2D eigenvalue weighted by Crippen LogP contribution is 2.31. The second kappa shape index (κ2) is 7.67. The van der Waals surface area contributed by atoms with Gasteiger partial charge < -0.3 is 0 Å². The van der Waals surface area contributed by atoms with Crippen LogP contribution in [0.1, 0.15) is 16.8 Å². The molecule has 0 fully saturated rings. The smallest absolute Gasteiger partial charge is 0.287 e. The van der Waals surface area contributed by atoms with E-state index in [0.717, 1.165) is 15.6 Å². The van der Waals surface area contributed by atoms with Crippen LogP contribution in [0.5, 0.6) is 0 Å². The van der Waals surface area contributed by atoms with E-state index in [1.54, 1.807) is 35.0 Å². The molecule has 0 aliphatic rings. The normalized spacial score (nSPS) is 11.1. The third-order valence-electron chi connectivity index (χ3n) is 5.25. The van der Waals surface area contributed by atoms with Crippen LogP contribution >= 0.6 is 11.3 Å². The van der Waals surface area contributed by atoms with Gasteiger partial charge in [-0.3, -0.25) is 18.9 Å². The highest BCUT2D eigenvalue weighted by atomic mass is 32.1. The number of hydrogen-bond donors (Lipinski definition) is 0. The Kier molecular flexibility index (Phi) is 4.69. The number of hydrogen-bond acceptors (Lipinski definition) is 5. The number of thiophene rings is 1. The largest absolute Gasteiger partial charge is 0.332 e. The average Bonchev–Trinajstić information content (AvgIpc) is 3.20. The van der Waals surface area contributed by atoms with E-state index in [9.17, 15) is 14.9 Å². The van der Waals surface area contributed by atoms with Crippen LogP contribution in [0.25, 0.3) is 20.3 Å². The van der Waals surface area contributed by atoms with Crippen molar-refractivity contribution in [1.29, 1.82) is 5.26 Å². The second-order valence-corrected chi connectivity index (χ2v) is 8.18. The Labute approximate surface area is 180 Å². The highest BCUT2D eigenvalue weighted by Gasteiger charge is 2.19. The summed E-state index contributed by atoms with van der Waals surface area (Å²) in [6, 6.07) is 22.5. The predicted molar refractivity (Wildman–Crippen MR) is 121 cm³/mol. The molecule has 31 heavy (non-hydrogen) atoms. The maximum atomic E-state index is 13.6. The van der Waals surface area contributed by atoms with Crippen molar-refractivity contribution in [3.8, 4) is 6.07 Å². The minimum Gasteiger partial charge on any atom is -0.287 e. The van der Waals surface area contributed by atoms with E-state index in [1.165, 1.54) is 15.9 Å².